The summed E-state index contributed by atoms with van der Waals surface area (Å²) in [4.78, 5) is 0. The molecule has 3 nitrogen and oxygen atoms in total. The first kappa shape index (κ1) is 15.5. The van der Waals surface area contributed by atoms with Crippen molar-refractivity contribution in [3.05, 3.63) is 53.1 Å². The summed E-state index contributed by atoms with van der Waals surface area (Å²) in [5.74, 6) is -0.196. The third kappa shape index (κ3) is 2.29. The number of nitrogens with two attached hydrogens (primary N) is 1. The summed E-state index contributed by atoms with van der Waals surface area (Å²) in [6, 6.07) is 8.58. The number of nitrogens with one attached hydrogen (secondary N) is 1. The number of hydrogen-bond acceptors (Lipinski definition) is 3. The van der Waals surface area contributed by atoms with Gasteiger partial charge in [-0.05, 0) is 29.3 Å². The van der Waals surface area contributed by atoms with Crippen LogP contribution in [0.5, 0.6) is 5.75 Å². The van der Waals surface area contributed by atoms with Crippen LogP contribution in [0.15, 0.2) is 36.4 Å². The molecule has 0 aromatic heterocycles. The Balaban J connectivity index is 2.22. The van der Waals surface area contributed by atoms with E-state index in [1.54, 1.807) is 38.1 Å². The molecule has 1 heterocycles. The average molecular weight is 322 g/mol. The number of hydrogen-bond donors (Lipinski definition) is 3. The molecule has 2 aromatic carbocycles. The average Bonchev–Trinajstić information content (AvgIpc) is 2.72. The van der Waals surface area contributed by atoms with Crippen LogP contribution in [0, 0.1) is 0 Å². The second kappa shape index (κ2) is 4.81. The largest absolute Gasteiger partial charge is 0.506 e. The summed E-state index contributed by atoms with van der Waals surface area (Å²) >= 11 is 0. The van der Waals surface area contributed by atoms with E-state index >= 15 is 0 Å². The Labute approximate surface area is 131 Å². The van der Waals surface area contributed by atoms with Gasteiger partial charge >= 0.3 is 6.18 Å². The summed E-state index contributed by atoms with van der Waals surface area (Å²) in [6.07, 6.45) is -4.49. The highest BCUT2D eigenvalue weighted by Gasteiger charge is 2.48. The van der Waals surface area contributed by atoms with Crippen LogP contribution < -0.4 is 11.1 Å². The van der Waals surface area contributed by atoms with Crippen LogP contribution in [0.25, 0.3) is 0 Å². The van der Waals surface area contributed by atoms with Crippen LogP contribution in [0.2, 0.25) is 0 Å². The van der Waals surface area contributed by atoms with E-state index < -0.39 is 23.2 Å². The Hall–Kier alpha value is -2.37. The molecule has 3 rings (SSSR count). The molecule has 1 aliphatic heterocycles. The number of phenols is 1. The fourth-order valence-corrected chi connectivity index (χ4v) is 3.35. The Morgan fingerprint density at radius 1 is 1.13 bits per heavy atom. The number of fused-ring (bicyclic) bond motifs is 1. The molecule has 0 amide bonds. The van der Waals surface area contributed by atoms with Crippen LogP contribution >= 0.6 is 0 Å². The van der Waals surface area contributed by atoms with Gasteiger partial charge in [-0.1, -0.05) is 32.0 Å². The third-order valence-corrected chi connectivity index (χ3v) is 4.45. The highest BCUT2D eigenvalue weighted by molar-refractivity contribution is 5.73. The fraction of sp³-hybridized carbons (Fsp3) is 0.294. The summed E-state index contributed by atoms with van der Waals surface area (Å²) in [6.45, 7) is 3.44. The maximum Gasteiger partial charge on any atom is 0.416 e. The van der Waals surface area contributed by atoms with Gasteiger partial charge in [-0.3, -0.25) is 0 Å². The van der Waals surface area contributed by atoms with Gasteiger partial charge < -0.3 is 16.2 Å². The number of benzene rings is 2. The van der Waals surface area contributed by atoms with Crippen molar-refractivity contribution in [3.8, 4) is 5.75 Å². The molecule has 1 atom stereocenters. The van der Waals surface area contributed by atoms with Crippen LogP contribution in [0.1, 0.15) is 36.6 Å². The van der Waals surface area contributed by atoms with E-state index in [0.29, 0.717) is 11.3 Å². The number of rotatable bonds is 1. The number of para-hydroxylation sites is 1. The second-order valence-electron chi connectivity index (χ2n) is 6.31. The molecule has 0 radical (unpaired) electrons. The minimum absolute atomic E-state index is 0.0678. The van der Waals surface area contributed by atoms with Crippen molar-refractivity contribution in [3.63, 3.8) is 0 Å². The molecular formula is C17H17F3N2O. The van der Waals surface area contributed by atoms with Gasteiger partial charge in [-0.2, -0.15) is 13.2 Å². The number of nitrogen functional groups attached to an aromatic ring is 1. The Kier molecular flexibility index (Phi) is 3.25. The minimum atomic E-state index is -4.49. The molecule has 0 fully saturated rings. The molecule has 1 aliphatic rings. The zero-order chi connectivity index (χ0) is 17.0. The van der Waals surface area contributed by atoms with Crippen molar-refractivity contribution >= 4 is 11.4 Å². The molecule has 6 heteroatoms. The maximum atomic E-state index is 13.4. The van der Waals surface area contributed by atoms with Crippen LogP contribution in [-0.4, -0.2) is 5.11 Å². The van der Waals surface area contributed by atoms with E-state index in [1.165, 1.54) is 0 Å². The fourth-order valence-electron chi connectivity index (χ4n) is 3.35. The zero-order valence-electron chi connectivity index (χ0n) is 12.7. The lowest BCUT2D eigenvalue weighted by Gasteiger charge is -2.30. The van der Waals surface area contributed by atoms with Crippen molar-refractivity contribution in [1.82, 2.24) is 0 Å². The molecule has 23 heavy (non-hydrogen) atoms. The normalized spacial score (nSPS) is 19.3. The molecule has 2 aromatic rings. The third-order valence-electron chi connectivity index (χ3n) is 4.45. The van der Waals surface area contributed by atoms with Crippen LogP contribution in [-0.2, 0) is 11.6 Å². The van der Waals surface area contributed by atoms with Gasteiger partial charge in [0.1, 0.15) is 5.75 Å². The molecule has 1 unspecified atom stereocenters. The van der Waals surface area contributed by atoms with Gasteiger partial charge in [0.25, 0.3) is 0 Å². The molecule has 0 saturated carbocycles. The van der Waals surface area contributed by atoms with E-state index in [1.807, 2.05) is 0 Å². The monoisotopic (exact) mass is 322 g/mol. The molecule has 0 bridgehead atoms. The molecule has 0 aliphatic carbocycles. The van der Waals surface area contributed by atoms with Crippen molar-refractivity contribution in [1.29, 1.82) is 0 Å². The van der Waals surface area contributed by atoms with Gasteiger partial charge in [0, 0.05) is 11.1 Å². The van der Waals surface area contributed by atoms with E-state index in [4.69, 9.17) is 5.73 Å². The topological polar surface area (TPSA) is 58.3 Å². The van der Waals surface area contributed by atoms with Gasteiger partial charge in [-0.15, -0.1) is 0 Å². The first-order valence-corrected chi connectivity index (χ1v) is 7.18. The highest BCUT2D eigenvalue weighted by Crippen LogP contribution is 2.55. The highest BCUT2D eigenvalue weighted by atomic mass is 19.4. The van der Waals surface area contributed by atoms with Gasteiger partial charge in [0.2, 0.25) is 0 Å². The maximum absolute atomic E-state index is 13.4. The number of halogens is 3. The number of alkyl halides is 3. The molecule has 0 saturated heterocycles. The molecule has 122 valence electrons. The Morgan fingerprint density at radius 2 is 1.78 bits per heavy atom. The number of phenolic OH excluding ortho intramolecular Hbond substituents is 1. The van der Waals surface area contributed by atoms with Gasteiger partial charge in [0.15, 0.2) is 0 Å². The lowest BCUT2D eigenvalue weighted by Crippen LogP contribution is -2.28. The first-order chi connectivity index (χ1) is 10.6. The predicted molar refractivity (Wildman–Crippen MR) is 83.4 cm³/mol. The van der Waals surface area contributed by atoms with Crippen molar-refractivity contribution in [2.45, 2.75) is 31.5 Å². The molecule has 4 N–H and O–H groups in total. The summed E-state index contributed by atoms with van der Waals surface area (Å²) in [5.41, 5.74) is 5.76. The standard InChI is InChI=1S/C17H17F3N2O/c1-16(2)13-10(17(18,19)20)7-8-12(23)14(13)22-15(16)9-5-3-4-6-11(9)21/h3-8,15,22-23H,21H2,1-2H3. The smallest absolute Gasteiger partial charge is 0.416 e. The van der Waals surface area contributed by atoms with Crippen LogP contribution in [0.3, 0.4) is 0 Å². The minimum Gasteiger partial charge on any atom is -0.506 e. The quantitative estimate of drug-likeness (QED) is 0.537. The molecular weight excluding hydrogens is 305 g/mol. The van der Waals surface area contributed by atoms with Gasteiger partial charge in [0.05, 0.1) is 17.3 Å². The predicted octanol–water partition coefficient (Wildman–Crippen LogP) is 4.44. The second-order valence-corrected chi connectivity index (χ2v) is 6.31. The lowest BCUT2D eigenvalue weighted by atomic mass is 9.75. The van der Waals surface area contributed by atoms with Crippen molar-refractivity contribution in [2.24, 2.45) is 0 Å². The SMILES string of the molecule is CC1(C)c2c(C(F)(F)F)ccc(O)c2NC1c1ccccc1N. The van der Waals surface area contributed by atoms with E-state index in [-0.39, 0.29) is 17.0 Å². The zero-order valence-corrected chi connectivity index (χ0v) is 12.7. The van der Waals surface area contributed by atoms with E-state index in [2.05, 4.69) is 5.32 Å². The Bertz CT molecular complexity index is 769. The van der Waals surface area contributed by atoms with E-state index in [0.717, 1.165) is 12.1 Å². The number of anilines is 2. The molecule has 0 spiro atoms. The first-order valence-electron chi connectivity index (χ1n) is 7.18. The van der Waals surface area contributed by atoms with Gasteiger partial charge in [-0.25, -0.2) is 0 Å². The van der Waals surface area contributed by atoms with Crippen molar-refractivity contribution in [2.75, 3.05) is 11.1 Å². The van der Waals surface area contributed by atoms with Crippen LogP contribution in [0.4, 0.5) is 24.5 Å². The van der Waals surface area contributed by atoms with Crippen molar-refractivity contribution < 1.29 is 18.3 Å². The summed E-state index contributed by atoms with van der Waals surface area (Å²) in [5, 5.41) is 13.1. The lowest BCUT2D eigenvalue weighted by molar-refractivity contribution is -0.138. The Morgan fingerprint density at radius 3 is 2.39 bits per heavy atom. The number of aromatic hydroxyl groups is 1. The summed E-state index contributed by atoms with van der Waals surface area (Å²) < 4.78 is 40.2. The van der Waals surface area contributed by atoms with E-state index in [9.17, 15) is 18.3 Å². The summed E-state index contributed by atoms with van der Waals surface area (Å²) in [7, 11) is 0.